The van der Waals surface area contributed by atoms with Gasteiger partial charge in [0.25, 0.3) is 0 Å². The van der Waals surface area contributed by atoms with Gasteiger partial charge in [-0.3, -0.25) is 4.79 Å². The maximum atomic E-state index is 11.9. The SMILES string of the molecule is NC(=O)c1ccc(CNCC(F)(F)F)c(Cl)c1. The number of alkyl halides is 3. The third kappa shape index (κ3) is 4.62. The van der Waals surface area contributed by atoms with Gasteiger partial charge in [-0.15, -0.1) is 0 Å². The van der Waals surface area contributed by atoms with Crippen molar-refractivity contribution in [3.63, 3.8) is 0 Å². The number of nitrogens with two attached hydrogens (primary N) is 1. The number of amides is 1. The molecule has 0 saturated heterocycles. The third-order valence-electron chi connectivity index (χ3n) is 1.98. The van der Waals surface area contributed by atoms with E-state index in [4.69, 9.17) is 17.3 Å². The Bertz CT molecular complexity index is 421. The zero-order chi connectivity index (χ0) is 13.1. The molecule has 3 nitrogen and oxygen atoms in total. The van der Waals surface area contributed by atoms with Crippen LogP contribution in [0.3, 0.4) is 0 Å². The van der Waals surface area contributed by atoms with Crippen LogP contribution in [0.5, 0.6) is 0 Å². The largest absolute Gasteiger partial charge is 0.401 e. The van der Waals surface area contributed by atoms with Crippen LogP contribution in [-0.4, -0.2) is 18.6 Å². The van der Waals surface area contributed by atoms with E-state index in [2.05, 4.69) is 5.32 Å². The average molecular weight is 267 g/mol. The Morgan fingerprint density at radius 3 is 2.53 bits per heavy atom. The monoisotopic (exact) mass is 266 g/mol. The van der Waals surface area contributed by atoms with Gasteiger partial charge in [-0.1, -0.05) is 17.7 Å². The van der Waals surface area contributed by atoms with Crippen molar-refractivity contribution in [3.05, 3.63) is 34.3 Å². The van der Waals surface area contributed by atoms with Gasteiger partial charge in [0.1, 0.15) is 0 Å². The Morgan fingerprint density at radius 2 is 2.06 bits per heavy atom. The molecule has 0 spiro atoms. The van der Waals surface area contributed by atoms with E-state index in [0.29, 0.717) is 5.56 Å². The quantitative estimate of drug-likeness (QED) is 0.877. The molecule has 0 radical (unpaired) electrons. The number of primary amides is 1. The lowest BCUT2D eigenvalue weighted by Gasteiger charge is -2.09. The zero-order valence-electron chi connectivity index (χ0n) is 8.64. The highest BCUT2D eigenvalue weighted by molar-refractivity contribution is 6.31. The van der Waals surface area contributed by atoms with E-state index in [9.17, 15) is 18.0 Å². The van der Waals surface area contributed by atoms with Gasteiger partial charge in [-0.25, -0.2) is 0 Å². The maximum absolute atomic E-state index is 11.9. The van der Waals surface area contributed by atoms with Gasteiger partial charge in [0.15, 0.2) is 0 Å². The first kappa shape index (κ1) is 13.8. The van der Waals surface area contributed by atoms with E-state index in [1.165, 1.54) is 18.2 Å². The molecule has 94 valence electrons. The van der Waals surface area contributed by atoms with E-state index in [-0.39, 0.29) is 17.1 Å². The molecule has 1 aromatic rings. The first-order chi connectivity index (χ1) is 7.79. The molecule has 0 atom stereocenters. The van der Waals surface area contributed by atoms with Crippen LogP contribution < -0.4 is 11.1 Å². The minimum atomic E-state index is -4.26. The van der Waals surface area contributed by atoms with Gasteiger partial charge in [0.2, 0.25) is 5.91 Å². The normalized spacial score (nSPS) is 11.5. The zero-order valence-corrected chi connectivity index (χ0v) is 9.40. The standard InChI is InChI=1S/C10H10ClF3N2O/c11-8-3-6(9(15)17)1-2-7(8)4-16-5-10(12,13)14/h1-3,16H,4-5H2,(H2,15,17). The third-order valence-corrected chi connectivity index (χ3v) is 2.33. The molecule has 0 aliphatic rings. The first-order valence-corrected chi connectivity index (χ1v) is 5.03. The van der Waals surface area contributed by atoms with E-state index in [0.717, 1.165) is 0 Å². The van der Waals surface area contributed by atoms with Crippen LogP contribution in [-0.2, 0) is 6.54 Å². The lowest BCUT2D eigenvalue weighted by molar-refractivity contribution is -0.125. The Balaban J connectivity index is 2.64. The molecule has 0 saturated carbocycles. The summed E-state index contributed by atoms with van der Waals surface area (Å²) in [6, 6.07) is 4.21. The van der Waals surface area contributed by atoms with E-state index < -0.39 is 18.6 Å². The lowest BCUT2D eigenvalue weighted by atomic mass is 10.1. The van der Waals surface area contributed by atoms with Gasteiger partial charge in [-0.2, -0.15) is 13.2 Å². The molecule has 7 heteroatoms. The van der Waals surface area contributed by atoms with E-state index in [1.807, 2.05) is 0 Å². The van der Waals surface area contributed by atoms with Crippen LogP contribution in [0.25, 0.3) is 0 Å². The average Bonchev–Trinajstić information content (AvgIpc) is 2.18. The Kier molecular flexibility index (Phi) is 4.36. The summed E-state index contributed by atoms with van der Waals surface area (Å²) in [7, 11) is 0. The van der Waals surface area contributed by atoms with Crippen LogP contribution in [0.4, 0.5) is 13.2 Å². The summed E-state index contributed by atoms with van der Waals surface area (Å²) in [5, 5.41) is 2.41. The number of halogens is 4. The van der Waals surface area contributed by atoms with Crippen molar-refractivity contribution in [1.82, 2.24) is 5.32 Å². The van der Waals surface area contributed by atoms with Gasteiger partial charge in [0, 0.05) is 17.1 Å². The molecule has 0 heterocycles. The molecular weight excluding hydrogens is 257 g/mol. The summed E-state index contributed by atoms with van der Waals surface area (Å²) in [5.41, 5.74) is 5.72. The molecule has 1 aromatic carbocycles. The second-order valence-electron chi connectivity index (χ2n) is 3.39. The predicted molar refractivity (Wildman–Crippen MR) is 57.7 cm³/mol. The van der Waals surface area contributed by atoms with E-state index in [1.54, 1.807) is 0 Å². The van der Waals surface area contributed by atoms with Crippen LogP contribution in [0, 0.1) is 0 Å². The Labute approximate surface area is 101 Å². The second-order valence-corrected chi connectivity index (χ2v) is 3.80. The summed E-state index contributed by atoms with van der Waals surface area (Å²) in [6.45, 7) is -1.13. The Hall–Kier alpha value is -1.27. The van der Waals surface area contributed by atoms with Crippen LogP contribution in [0.2, 0.25) is 5.02 Å². The molecule has 0 fully saturated rings. The van der Waals surface area contributed by atoms with Crippen molar-refractivity contribution in [1.29, 1.82) is 0 Å². The lowest BCUT2D eigenvalue weighted by Crippen LogP contribution is -2.28. The summed E-state index contributed by atoms with van der Waals surface area (Å²) in [6.07, 6.45) is -4.26. The number of benzene rings is 1. The molecule has 0 aliphatic carbocycles. The summed E-state index contributed by atoms with van der Waals surface area (Å²) in [4.78, 5) is 10.8. The van der Waals surface area contributed by atoms with Gasteiger partial charge in [0.05, 0.1) is 6.54 Å². The van der Waals surface area contributed by atoms with Crippen LogP contribution >= 0.6 is 11.6 Å². The van der Waals surface area contributed by atoms with Crippen molar-refractivity contribution in [2.45, 2.75) is 12.7 Å². The number of nitrogens with one attached hydrogen (secondary N) is 1. The molecular formula is C10H10ClF3N2O. The fourth-order valence-corrected chi connectivity index (χ4v) is 1.43. The number of hydrogen-bond donors (Lipinski definition) is 2. The van der Waals surface area contributed by atoms with Crippen molar-refractivity contribution in [2.75, 3.05) is 6.54 Å². The number of carbonyl (C=O) groups excluding carboxylic acids is 1. The summed E-state index contributed by atoms with van der Waals surface area (Å²) in [5.74, 6) is -0.637. The van der Waals surface area contributed by atoms with Crippen LogP contribution in [0.15, 0.2) is 18.2 Å². The minimum absolute atomic E-state index is 0.0304. The smallest absolute Gasteiger partial charge is 0.366 e. The molecule has 0 bridgehead atoms. The molecule has 3 N–H and O–H groups in total. The van der Waals surface area contributed by atoms with Gasteiger partial charge < -0.3 is 11.1 Å². The highest BCUT2D eigenvalue weighted by Gasteiger charge is 2.26. The molecule has 1 amide bonds. The van der Waals surface area contributed by atoms with Crippen LogP contribution in [0.1, 0.15) is 15.9 Å². The molecule has 0 aromatic heterocycles. The molecule has 0 aliphatic heterocycles. The molecule has 0 unspecified atom stereocenters. The highest BCUT2D eigenvalue weighted by Crippen LogP contribution is 2.18. The first-order valence-electron chi connectivity index (χ1n) is 4.65. The number of rotatable bonds is 4. The van der Waals surface area contributed by atoms with Crippen molar-refractivity contribution >= 4 is 17.5 Å². The molecule has 17 heavy (non-hydrogen) atoms. The van der Waals surface area contributed by atoms with Gasteiger partial charge in [-0.05, 0) is 17.7 Å². The fourth-order valence-electron chi connectivity index (χ4n) is 1.18. The van der Waals surface area contributed by atoms with Crippen molar-refractivity contribution in [3.8, 4) is 0 Å². The summed E-state index contributed by atoms with van der Waals surface area (Å²) >= 11 is 5.79. The highest BCUT2D eigenvalue weighted by atomic mass is 35.5. The summed E-state index contributed by atoms with van der Waals surface area (Å²) < 4.78 is 35.6. The van der Waals surface area contributed by atoms with Crippen molar-refractivity contribution < 1.29 is 18.0 Å². The minimum Gasteiger partial charge on any atom is -0.366 e. The Morgan fingerprint density at radius 1 is 1.41 bits per heavy atom. The van der Waals surface area contributed by atoms with E-state index >= 15 is 0 Å². The topological polar surface area (TPSA) is 55.1 Å². The number of hydrogen-bond acceptors (Lipinski definition) is 2. The fraction of sp³-hybridized carbons (Fsp3) is 0.300. The predicted octanol–water partition coefficient (Wildman–Crippen LogP) is 2.09. The second kappa shape index (κ2) is 5.37. The molecule has 1 rings (SSSR count). The maximum Gasteiger partial charge on any atom is 0.401 e. The van der Waals surface area contributed by atoms with Gasteiger partial charge >= 0.3 is 6.18 Å². The van der Waals surface area contributed by atoms with Crippen molar-refractivity contribution in [2.24, 2.45) is 5.73 Å². The number of carbonyl (C=O) groups is 1.